The van der Waals surface area contributed by atoms with Crippen molar-refractivity contribution in [2.24, 2.45) is 0 Å². The first-order valence-electron chi connectivity index (χ1n) is 5.33. The van der Waals surface area contributed by atoms with Crippen molar-refractivity contribution in [1.82, 2.24) is 0 Å². The van der Waals surface area contributed by atoms with Crippen molar-refractivity contribution in [2.45, 2.75) is 6.54 Å². The Morgan fingerprint density at radius 1 is 1.21 bits per heavy atom. The average Bonchev–Trinajstić information content (AvgIpc) is 2.33. The molecule has 19 heavy (non-hydrogen) atoms. The van der Waals surface area contributed by atoms with Crippen LogP contribution in [0.4, 0.5) is 10.1 Å². The zero-order valence-corrected chi connectivity index (χ0v) is 12.7. The molecule has 0 aromatic heterocycles. The summed E-state index contributed by atoms with van der Waals surface area (Å²) in [5.74, 6) is -0.446. The molecule has 2 aromatic carbocycles. The van der Waals surface area contributed by atoms with Gasteiger partial charge < -0.3 is 10.4 Å². The number of phenols is 1. The lowest BCUT2D eigenvalue weighted by molar-refractivity contribution is 0.469. The summed E-state index contributed by atoms with van der Waals surface area (Å²) in [6.07, 6.45) is 0. The summed E-state index contributed by atoms with van der Waals surface area (Å²) in [6.45, 7) is 0.213. The van der Waals surface area contributed by atoms with Crippen molar-refractivity contribution in [1.29, 1.82) is 0 Å². The van der Waals surface area contributed by atoms with E-state index in [1.54, 1.807) is 18.2 Å². The van der Waals surface area contributed by atoms with Crippen LogP contribution in [0.15, 0.2) is 34.8 Å². The SMILES string of the molecule is Oc1c(Cl)cc(Cl)cc1CNc1ccc(Br)cc1F. The molecule has 0 saturated carbocycles. The number of phenolic OH excluding ortho intramolecular Hbond substituents is 1. The van der Waals surface area contributed by atoms with Crippen molar-refractivity contribution < 1.29 is 9.50 Å². The summed E-state index contributed by atoms with van der Waals surface area (Å²) < 4.78 is 14.3. The van der Waals surface area contributed by atoms with Gasteiger partial charge in [0.25, 0.3) is 0 Å². The first kappa shape index (κ1) is 14.4. The molecule has 0 atom stereocenters. The molecule has 2 N–H and O–H groups in total. The van der Waals surface area contributed by atoms with Gasteiger partial charge in [-0.15, -0.1) is 0 Å². The molecule has 0 unspecified atom stereocenters. The molecule has 0 saturated heterocycles. The fraction of sp³-hybridized carbons (Fsp3) is 0.0769. The Balaban J connectivity index is 2.19. The lowest BCUT2D eigenvalue weighted by atomic mass is 10.2. The van der Waals surface area contributed by atoms with Gasteiger partial charge in [-0.2, -0.15) is 0 Å². The van der Waals surface area contributed by atoms with E-state index in [2.05, 4.69) is 21.2 Å². The van der Waals surface area contributed by atoms with E-state index >= 15 is 0 Å². The van der Waals surface area contributed by atoms with Crippen LogP contribution in [0, 0.1) is 5.82 Å². The molecule has 0 aliphatic heterocycles. The van der Waals surface area contributed by atoms with Gasteiger partial charge in [-0.25, -0.2) is 4.39 Å². The maximum Gasteiger partial charge on any atom is 0.147 e. The number of rotatable bonds is 3. The second kappa shape index (κ2) is 5.99. The van der Waals surface area contributed by atoms with Crippen LogP contribution in [-0.4, -0.2) is 5.11 Å². The normalized spacial score (nSPS) is 10.5. The Morgan fingerprint density at radius 2 is 1.95 bits per heavy atom. The molecular weight excluding hydrogens is 356 g/mol. The molecule has 2 aromatic rings. The van der Waals surface area contributed by atoms with Crippen molar-refractivity contribution in [2.75, 3.05) is 5.32 Å². The maximum atomic E-state index is 13.6. The highest BCUT2D eigenvalue weighted by atomic mass is 79.9. The van der Waals surface area contributed by atoms with E-state index in [1.165, 1.54) is 12.1 Å². The monoisotopic (exact) mass is 363 g/mol. The summed E-state index contributed by atoms with van der Waals surface area (Å²) in [6, 6.07) is 7.70. The number of aromatic hydroxyl groups is 1. The lowest BCUT2D eigenvalue weighted by Gasteiger charge is -2.10. The maximum absolute atomic E-state index is 13.6. The summed E-state index contributed by atoms with van der Waals surface area (Å²) in [4.78, 5) is 0. The van der Waals surface area contributed by atoms with Crippen LogP contribution in [-0.2, 0) is 6.54 Å². The second-order valence-corrected chi connectivity index (χ2v) is 5.63. The third kappa shape index (κ3) is 3.53. The number of benzene rings is 2. The minimum atomic E-state index is -0.387. The van der Waals surface area contributed by atoms with Gasteiger partial charge in [-0.05, 0) is 30.3 Å². The van der Waals surface area contributed by atoms with E-state index in [0.717, 1.165) is 0 Å². The van der Waals surface area contributed by atoms with Crippen molar-refractivity contribution in [3.8, 4) is 5.75 Å². The van der Waals surface area contributed by atoms with Gasteiger partial charge in [0.15, 0.2) is 0 Å². The Morgan fingerprint density at radius 3 is 2.63 bits per heavy atom. The third-order valence-electron chi connectivity index (χ3n) is 2.51. The van der Waals surface area contributed by atoms with Crippen molar-refractivity contribution in [3.63, 3.8) is 0 Å². The first-order valence-corrected chi connectivity index (χ1v) is 6.88. The number of nitrogens with one attached hydrogen (secondary N) is 1. The van der Waals surface area contributed by atoms with Gasteiger partial charge in [0, 0.05) is 21.6 Å². The third-order valence-corrected chi connectivity index (χ3v) is 3.51. The summed E-state index contributed by atoms with van der Waals surface area (Å²) >= 11 is 14.8. The van der Waals surface area contributed by atoms with E-state index in [-0.39, 0.29) is 23.1 Å². The predicted octanol–water partition coefficient (Wildman–Crippen LogP) is 5.21. The van der Waals surface area contributed by atoms with Crippen LogP contribution < -0.4 is 5.32 Å². The molecule has 0 spiro atoms. The van der Waals surface area contributed by atoms with E-state index in [0.29, 0.717) is 20.7 Å². The van der Waals surface area contributed by atoms with Crippen LogP contribution in [0.3, 0.4) is 0 Å². The Kier molecular flexibility index (Phi) is 4.55. The average molecular weight is 365 g/mol. The second-order valence-electron chi connectivity index (χ2n) is 3.87. The number of anilines is 1. The molecule has 0 amide bonds. The molecule has 6 heteroatoms. The van der Waals surface area contributed by atoms with E-state index < -0.39 is 0 Å². The van der Waals surface area contributed by atoms with Crippen LogP contribution >= 0.6 is 39.1 Å². The van der Waals surface area contributed by atoms with Crippen molar-refractivity contribution >= 4 is 44.8 Å². The zero-order valence-electron chi connectivity index (χ0n) is 9.55. The Labute approximate surface area is 128 Å². The van der Waals surface area contributed by atoms with E-state index in [1.807, 2.05) is 0 Å². The molecule has 0 heterocycles. The summed E-state index contributed by atoms with van der Waals surface area (Å²) in [5.41, 5.74) is 0.832. The Hall–Kier alpha value is -0.970. The highest BCUT2D eigenvalue weighted by Crippen LogP contribution is 2.31. The van der Waals surface area contributed by atoms with Gasteiger partial charge in [-0.1, -0.05) is 39.1 Å². The zero-order chi connectivity index (χ0) is 14.0. The fourth-order valence-corrected chi connectivity index (χ4v) is 2.45. The van der Waals surface area contributed by atoms with Crippen LogP contribution in [0.2, 0.25) is 10.0 Å². The van der Waals surface area contributed by atoms with Gasteiger partial charge in [0.05, 0.1) is 10.7 Å². The molecule has 2 nitrogen and oxygen atoms in total. The Bertz CT molecular complexity index is 622. The largest absolute Gasteiger partial charge is 0.506 e. The minimum Gasteiger partial charge on any atom is -0.506 e. The number of hydrogen-bond acceptors (Lipinski definition) is 2. The van der Waals surface area contributed by atoms with Gasteiger partial charge in [0.1, 0.15) is 11.6 Å². The molecule has 0 aliphatic carbocycles. The molecular formula is C13H9BrCl2FNO. The quantitative estimate of drug-likeness (QED) is 0.783. The molecule has 0 aliphatic rings. The highest BCUT2D eigenvalue weighted by Gasteiger charge is 2.09. The predicted molar refractivity (Wildman–Crippen MR) is 79.6 cm³/mol. The van der Waals surface area contributed by atoms with Crippen LogP contribution in [0.25, 0.3) is 0 Å². The summed E-state index contributed by atoms with van der Waals surface area (Å²) in [7, 11) is 0. The molecule has 0 fully saturated rings. The van der Waals surface area contributed by atoms with Gasteiger partial charge in [-0.3, -0.25) is 0 Å². The molecule has 2 rings (SSSR count). The highest BCUT2D eigenvalue weighted by molar-refractivity contribution is 9.10. The van der Waals surface area contributed by atoms with E-state index in [9.17, 15) is 9.50 Å². The van der Waals surface area contributed by atoms with Gasteiger partial charge in [0.2, 0.25) is 0 Å². The lowest BCUT2D eigenvalue weighted by Crippen LogP contribution is -2.02. The fourth-order valence-electron chi connectivity index (χ4n) is 1.58. The molecule has 0 radical (unpaired) electrons. The van der Waals surface area contributed by atoms with Crippen LogP contribution in [0.1, 0.15) is 5.56 Å². The summed E-state index contributed by atoms with van der Waals surface area (Å²) in [5, 5.41) is 13.2. The smallest absolute Gasteiger partial charge is 0.147 e. The van der Waals surface area contributed by atoms with Crippen molar-refractivity contribution in [3.05, 3.63) is 56.2 Å². The topological polar surface area (TPSA) is 32.3 Å². The molecule has 0 bridgehead atoms. The number of halogens is 4. The minimum absolute atomic E-state index is 0.0592. The molecule has 100 valence electrons. The van der Waals surface area contributed by atoms with Gasteiger partial charge >= 0.3 is 0 Å². The standard InChI is InChI=1S/C13H9BrCl2FNO/c14-8-1-2-12(11(17)4-8)18-6-7-3-9(15)5-10(16)13(7)19/h1-5,18-19H,6H2. The van der Waals surface area contributed by atoms with Crippen LogP contribution in [0.5, 0.6) is 5.75 Å². The first-order chi connectivity index (χ1) is 8.97. The number of hydrogen-bond donors (Lipinski definition) is 2. The van der Waals surface area contributed by atoms with E-state index in [4.69, 9.17) is 23.2 Å².